The van der Waals surface area contributed by atoms with Gasteiger partial charge in [0.05, 0.1) is 0 Å². The monoisotopic (exact) mass is 361 g/mol. The Hall–Kier alpha value is -2.11. The van der Waals surface area contributed by atoms with E-state index in [0.717, 1.165) is 51.7 Å². The molecule has 1 atom stereocenters. The van der Waals surface area contributed by atoms with Crippen molar-refractivity contribution in [1.82, 2.24) is 9.80 Å². The minimum absolute atomic E-state index is 0.149. The van der Waals surface area contributed by atoms with Crippen LogP contribution in [0.4, 0.5) is 14.9 Å². The van der Waals surface area contributed by atoms with E-state index in [-0.39, 0.29) is 17.8 Å². The lowest BCUT2D eigenvalue weighted by molar-refractivity contribution is -0.132. The fourth-order valence-electron chi connectivity index (χ4n) is 3.85. The van der Waals surface area contributed by atoms with Gasteiger partial charge in [0.15, 0.2) is 0 Å². The average molecular weight is 361 g/mol. The van der Waals surface area contributed by atoms with Crippen LogP contribution < -0.4 is 5.32 Å². The third kappa shape index (κ3) is 5.19. The third-order valence-electron chi connectivity index (χ3n) is 5.38. The zero-order chi connectivity index (χ0) is 18.4. The van der Waals surface area contributed by atoms with Gasteiger partial charge in [0, 0.05) is 38.3 Å². The van der Waals surface area contributed by atoms with Gasteiger partial charge in [-0.05, 0) is 68.7 Å². The van der Waals surface area contributed by atoms with Crippen molar-refractivity contribution in [2.75, 3.05) is 31.5 Å². The van der Waals surface area contributed by atoms with Gasteiger partial charge in [0.25, 0.3) is 0 Å². The summed E-state index contributed by atoms with van der Waals surface area (Å²) >= 11 is 0. The van der Waals surface area contributed by atoms with Gasteiger partial charge in [-0.3, -0.25) is 4.79 Å². The summed E-state index contributed by atoms with van der Waals surface area (Å²) in [6.45, 7) is 3.20. The first kappa shape index (κ1) is 18.7. The molecule has 1 aromatic carbocycles. The summed E-state index contributed by atoms with van der Waals surface area (Å²) in [5, 5.41) is 2.82. The SMILES string of the molecule is O=C(CCC1CCCN(C(=O)Nc2ccc(F)cc2)C1)N1CCCCC1. The first-order valence-corrected chi connectivity index (χ1v) is 9.71. The normalized spacial score (nSPS) is 20.7. The molecule has 2 fully saturated rings. The molecule has 0 aromatic heterocycles. The van der Waals surface area contributed by atoms with Gasteiger partial charge >= 0.3 is 6.03 Å². The Kier molecular flexibility index (Phi) is 6.47. The molecule has 0 spiro atoms. The number of rotatable bonds is 4. The molecule has 2 saturated heterocycles. The van der Waals surface area contributed by atoms with Crippen molar-refractivity contribution in [2.24, 2.45) is 5.92 Å². The van der Waals surface area contributed by atoms with Gasteiger partial charge in [-0.25, -0.2) is 9.18 Å². The zero-order valence-electron chi connectivity index (χ0n) is 15.3. The fourth-order valence-corrected chi connectivity index (χ4v) is 3.85. The van der Waals surface area contributed by atoms with Gasteiger partial charge in [0.1, 0.15) is 5.82 Å². The lowest BCUT2D eigenvalue weighted by Gasteiger charge is -2.33. The van der Waals surface area contributed by atoms with E-state index in [1.54, 1.807) is 12.1 Å². The molecule has 0 saturated carbocycles. The molecule has 26 heavy (non-hydrogen) atoms. The van der Waals surface area contributed by atoms with Crippen molar-refractivity contribution in [3.05, 3.63) is 30.1 Å². The number of halogens is 1. The summed E-state index contributed by atoms with van der Waals surface area (Å²) in [4.78, 5) is 28.6. The quantitative estimate of drug-likeness (QED) is 0.885. The van der Waals surface area contributed by atoms with E-state index in [2.05, 4.69) is 5.32 Å². The van der Waals surface area contributed by atoms with Crippen molar-refractivity contribution >= 4 is 17.6 Å². The molecule has 0 aliphatic carbocycles. The number of carbonyl (C=O) groups is 2. The van der Waals surface area contributed by atoms with E-state index in [1.165, 1.54) is 18.6 Å². The minimum atomic E-state index is -0.320. The van der Waals surface area contributed by atoms with Crippen LogP contribution in [0.1, 0.15) is 44.9 Å². The number of anilines is 1. The summed E-state index contributed by atoms with van der Waals surface area (Å²) in [6, 6.07) is 5.64. The van der Waals surface area contributed by atoms with Crippen LogP contribution in [0, 0.1) is 11.7 Å². The molecule has 142 valence electrons. The second-order valence-electron chi connectivity index (χ2n) is 7.37. The van der Waals surface area contributed by atoms with Crippen molar-refractivity contribution in [3.63, 3.8) is 0 Å². The lowest BCUT2D eigenvalue weighted by atomic mass is 9.93. The maximum absolute atomic E-state index is 13.0. The minimum Gasteiger partial charge on any atom is -0.343 e. The summed E-state index contributed by atoms with van der Waals surface area (Å²) in [7, 11) is 0. The maximum atomic E-state index is 13.0. The molecule has 1 N–H and O–H groups in total. The Morgan fingerprint density at radius 3 is 2.42 bits per heavy atom. The molecular weight excluding hydrogens is 333 g/mol. The highest BCUT2D eigenvalue weighted by atomic mass is 19.1. The molecule has 2 aliphatic heterocycles. The smallest absolute Gasteiger partial charge is 0.321 e. The van der Waals surface area contributed by atoms with Crippen molar-refractivity contribution in [1.29, 1.82) is 0 Å². The molecule has 3 rings (SSSR count). The number of nitrogens with zero attached hydrogens (tertiary/aromatic N) is 2. The van der Waals surface area contributed by atoms with Crippen LogP contribution in [0.5, 0.6) is 0 Å². The number of amides is 3. The molecule has 6 heteroatoms. The first-order valence-electron chi connectivity index (χ1n) is 9.71. The van der Waals surface area contributed by atoms with E-state index < -0.39 is 0 Å². The summed E-state index contributed by atoms with van der Waals surface area (Å²) < 4.78 is 13.0. The number of piperidine rings is 2. The fraction of sp³-hybridized carbons (Fsp3) is 0.600. The zero-order valence-corrected chi connectivity index (χ0v) is 15.3. The molecule has 1 aromatic rings. The van der Waals surface area contributed by atoms with Gasteiger partial charge in [-0.15, -0.1) is 0 Å². The summed E-state index contributed by atoms with van der Waals surface area (Å²) in [6.07, 6.45) is 6.91. The number of benzene rings is 1. The molecule has 2 aliphatic rings. The molecule has 3 amide bonds. The number of nitrogens with one attached hydrogen (secondary N) is 1. The number of hydrogen-bond donors (Lipinski definition) is 1. The highest BCUT2D eigenvalue weighted by Gasteiger charge is 2.25. The Morgan fingerprint density at radius 2 is 1.69 bits per heavy atom. The number of hydrogen-bond acceptors (Lipinski definition) is 2. The van der Waals surface area contributed by atoms with Crippen LogP contribution in [-0.2, 0) is 4.79 Å². The van der Waals surface area contributed by atoms with Crippen LogP contribution in [0.15, 0.2) is 24.3 Å². The second kappa shape index (κ2) is 9.01. The van der Waals surface area contributed by atoms with Gasteiger partial charge in [-0.2, -0.15) is 0 Å². The lowest BCUT2D eigenvalue weighted by Crippen LogP contribution is -2.42. The summed E-state index contributed by atoms with van der Waals surface area (Å²) in [5.74, 6) is 0.313. The van der Waals surface area contributed by atoms with Crippen LogP contribution in [0.25, 0.3) is 0 Å². The van der Waals surface area contributed by atoms with Gasteiger partial charge in [-0.1, -0.05) is 0 Å². The third-order valence-corrected chi connectivity index (χ3v) is 5.38. The molecule has 2 heterocycles. The molecule has 0 radical (unpaired) electrons. The van der Waals surface area contributed by atoms with Crippen molar-refractivity contribution in [2.45, 2.75) is 44.9 Å². The van der Waals surface area contributed by atoms with Gasteiger partial charge in [0.2, 0.25) is 5.91 Å². The predicted molar refractivity (Wildman–Crippen MR) is 99.4 cm³/mol. The second-order valence-corrected chi connectivity index (χ2v) is 7.37. The topological polar surface area (TPSA) is 52.7 Å². The van der Waals surface area contributed by atoms with Crippen LogP contribution in [0.2, 0.25) is 0 Å². The highest BCUT2D eigenvalue weighted by Crippen LogP contribution is 2.23. The van der Waals surface area contributed by atoms with E-state index in [4.69, 9.17) is 0 Å². The number of likely N-dealkylation sites (tertiary alicyclic amines) is 2. The standard InChI is InChI=1S/C20H28FN3O2/c21-17-7-9-18(10-8-17)22-20(26)24-14-4-5-16(15-24)6-11-19(25)23-12-2-1-3-13-23/h7-10,16H,1-6,11-15H2,(H,22,26). The maximum Gasteiger partial charge on any atom is 0.321 e. The Labute approximate surface area is 154 Å². The van der Waals surface area contributed by atoms with Crippen molar-refractivity contribution in [3.8, 4) is 0 Å². The summed E-state index contributed by atoms with van der Waals surface area (Å²) in [5.41, 5.74) is 0.596. The first-order chi connectivity index (χ1) is 12.6. The predicted octanol–water partition coefficient (Wildman–Crippen LogP) is 3.86. The number of carbonyl (C=O) groups excluding carboxylic acids is 2. The van der Waals surface area contributed by atoms with Crippen LogP contribution in [-0.4, -0.2) is 47.9 Å². The average Bonchev–Trinajstić information content (AvgIpc) is 2.69. The molecule has 1 unspecified atom stereocenters. The van der Waals surface area contributed by atoms with E-state index >= 15 is 0 Å². The Bertz CT molecular complexity index is 614. The van der Waals surface area contributed by atoms with E-state index in [1.807, 2.05) is 9.80 Å². The van der Waals surface area contributed by atoms with E-state index in [9.17, 15) is 14.0 Å². The van der Waals surface area contributed by atoms with Crippen LogP contribution >= 0.6 is 0 Å². The largest absolute Gasteiger partial charge is 0.343 e. The molecular formula is C20H28FN3O2. The highest BCUT2D eigenvalue weighted by molar-refractivity contribution is 5.89. The number of urea groups is 1. The van der Waals surface area contributed by atoms with E-state index in [0.29, 0.717) is 24.6 Å². The van der Waals surface area contributed by atoms with Gasteiger partial charge < -0.3 is 15.1 Å². The van der Waals surface area contributed by atoms with Crippen molar-refractivity contribution < 1.29 is 14.0 Å². The molecule has 5 nitrogen and oxygen atoms in total. The Morgan fingerprint density at radius 1 is 1.00 bits per heavy atom. The van der Waals surface area contributed by atoms with Crippen LogP contribution in [0.3, 0.4) is 0 Å². The Balaban J connectivity index is 1.45. The molecule has 0 bridgehead atoms.